The zero-order valence-corrected chi connectivity index (χ0v) is 12.1. The van der Waals surface area contributed by atoms with Crippen LogP contribution < -0.4 is 4.90 Å². The molecule has 0 radical (unpaired) electrons. The van der Waals surface area contributed by atoms with Crippen LogP contribution in [-0.4, -0.2) is 24.3 Å². The van der Waals surface area contributed by atoms with Crippen molar-refractivity contribution in [3.8, 4) is 6.07 Å². The average molecular weight is 280 g/mol. The second-order valence-corrected chi connectivity index (χ2v) is 6.35. The summed E-state index contributed by atoms with van der Waals surface area (Å²) in [7, 11) is 0. The highest BCUT2D eigenvalue weighted by atomic mass is 19.2. The first-order valence-corrected chi connectivity index (χ1v) is 6.48. The minimum absolute atomic E-state index is 0.172. The van der Waals surface area contributed by atoms with Crippen molar-refractivity contribution in [1.82, 2.24) is 0 Å². The molecule has 1 aliphatic rings. The van der Waals surface area contributed by atoms with Gasteiger partial charge in [-0.3, -0.25) is 0 Å². The molecule has 0 spiro atoms. The molecule has 0 N–H and O–H groups in total. The number of anilines is 1. The lowest BCUT2D eigenvalue weighted by atomic mass is 9.98. The van der Waals surface area contributed by atoms with Crippen LogP contribution in [0.5, 0.6) is 0 Å². The predicted molar refractivity (Wildman–Crippen MR) is 72.5 cm³/mol. The molecule has 2 rings (SSSR count). The summed E-state index contributed by atoms with van der Waals surface area (Å²) in [5.74, 6) is -2.07. The third-order valence-electron chi connectivity index (χ3n) is 3.22. The number of hydrogen-bond donors (Lipinski definition) is 0. The van der Waals surface area contributed by atoms with Gasteiger partial charge >= 0.3 is 0 Å². The van der Waals surface area contributed by atoms with Crippen LogP contribution in [0.25, 0.3) is 0 Å². The van der Waals surface area contributed by atoms with E-state index in [0.717, 1.165) is 0 Å². The maximum Gasteiger partial charge on any atom is 0.183 e. The Morgan fingerprint density at radius 1 is 1.10 bits per heavy atom. The molecule has 0 atom stereocenters. The van der Waals surface area contributed by atoms with Gasteiger partial charge in [-0.25, -0.2) is 8.78 Å². The largest absolute Gasteiger partial charge is 0.366 e. The number of nitrogens with zero attached hydrogens (tertiary/aromatic N) is 2. The summed E-state index contributed by atoms with van der Waals surface area (Å²) in [4.78, 5) is 1.77. The second kappa shape index (κ2) is 4.71. The zero-order chi connectivity index (χ0) is 15.1. The highest BCUT2D eigenvalue weighted by Crippen LogP contribution is 2.33. The molecule has 1 saturated heterocycles. The number of ether oxygens (including phenoxy) is 1. The predicted octanol–water partition coefficient (Wildman–Crippen LogP) is 3.23. The van der Waals surface area contributed by atoms with Crippen LogP contribution in [0.15, 0.2) is 12.1 Å². The van der Waals surface area contributed by atoms with E-state index in [4.69, 9.17) is 10.00 Å². The lowest BCUT2D eigenvalue weighted by Gasteiger charge is -2.48. The van der Waals surface area contributed by atoms with Crippen LogP contribution in [0.1, 0.15) is 33.3 Å². The number of hydrogen-bond acceptors (Lipinski definition) is 3. The minimum atomic E-state index is -1.09. The van der Waals surface area contributed by atoms with E-state index < -0.39 is 22.8 Å². The van der Waals surface area contributed by atoms with Gasteiger partial charge in [-0.2, -0.15) is 5.26 Å². The molecule has 108 valence electrons. The Kier molecular flexibility index (Phi) is 3.47. The van der Waals surface area contributed by atoms with E-state index in [9.17, 15) is 8.78 Å². The van der Waals surface area contributed by atoms with Crippen molar-refractivity contribution in [1.29, 1.82) is 5.26 Å². The summed E-state index contributed by atoms with van der Waals surface area (Å²) >= 11 is 0. The normalized spacial score (nSPS) is 20.6. The van der Waals surface area contributed by atoms with Gasteiger partial charge in [0.2, 0.25) is 0 Å². The Bertz CT molecular complexity index is 560. The molecule has 0 unspecified atom stereocenters. The average Bonchev–Trinajstić information content (AvgIpc) is 2.28. The maximum absolute atomic E-state index is 14.1. The third-order valence-corrected chi connectivity index (χ3v) is 3.22. The van der Waals surface area contributed by atoms with E-state index in [1.807, 2.05) is 27.7 Å². The van der Waals surface area contributed by atoms with E-state index in [2.05, 4.69) is 0 Å². The lowest BCUT2D eigenvalue weighted by molar-refractivity contribution is -0.133. The first-order valence-electron chi connectivity index (χ1n) is 6.48. The lowest BCUT2D eigenvalue weighted by Crippen LogP contribution is -2.57. The number of halogens is 2. The van der Waals surface area contributed by atoms with E-state index in [1.165, 1.54) is 12.1 Å². The molecule has 20 heavy (non-hydrogen) atoms. The zero-order valence-electron chi connectivity index (χ0n) is 12.1. The van der Waals surface area contributed by atoms with Crippen molar-refractivity contribution >= 4 is 5.69 Å². The summed E-state index contributed by atoms with van der Waals surface area (Å²) in [5.41, 5.74) is -1.03. The summed E-state index contributed by atoms with van der Waals surface area (Å²) in [6.07, 6.45) is 0. The van der Waals surface area contributed by atoms with Crippen molar-refractivity contribution in [3.05, 3.63) is 29.3 Å². The molecule has 1 aliphatic heterocycles. The van der Waals surface area contributed by atoms with Crippen molar-refractivity contribution < 1.29 is 13.5 Å². The highest BCUT2D eigenvalue weighted by Gasteiger charge is 2.39. The van der Waals surface area contributed by atoms with Crippen molar-refractivity contribution in [2.75, 3.05) is 18.0 Å². The Hall–Kier alpha value is -1.67. The van der Waals surface area contributed by atoms with Crippen LogP contribution in [0.4, 0.5) is 14.5 Å². The van der Waals surface area contributed by atoms with Crippen LogP contribution in [-0.2, 0) is 4.74 Å². The molecule has 3 nitrogen and oxygen atoms in total. The van der Waals surface area contributed by atoms with Gasteiger partial charge in [-0.15, -0.1) is 0 Å². The Balaban J connectivity index is 2.42. The van der Waals surface area contributed by atoms with E-state index >= 15 is 0 Å². The maximum atomic E-state index is 14.1. The van der Waals surface area contributed by atoms with Crippen LogP contribution >= 0.6 is 0 Å². The van der Waals surface area contributed by atoms with Crippen LogP contribution in [0, 0.1) is 23.0 Å². The number of rotatable bonds is 1. The van der Waals surface area contributed by atoms with Gasteiger partial charge < -0.3 is 9.64 Å². The Morgan fingerprint density at radius 2 is 1.65 bits per heavy atom. The molecule has 1 aromatic rings. The van der Waals surface area contributed by atoms with Gasteiger partial charge in [0, 0.05) is 13.1 Å². The SMILES string of the molecule is CC1(C)CN(c2ccc(C#N)c(F)c2F)CC(C)(C)O1. The first-order chi connectivity index (χ1) is 9.15. The molecule has 1 heterocycles. The molecule has 5 heteroatoms. The van der Waals surface area contributed by atoms with Crippen molar-refractivity contribution in [3.63, 3.8) is 0 Å². The molecule has 0 aromatic heterocycles. The molecule has 1 aromatic carbocycles. The summed E-state index contributed by atoms with van der Waals surface area (Å²) in [6.45, 7) is 8.58. The quantitative estimate of drug-likeness (QED) is 0.792. The van der Waals surface area contributed by atoms with Gasteiger partial charge in [-0.05, 0) is 39.8 Å². The Morgan fingerprint density at radius 3 is 2.15 bits per heavy atom. The Labute approximate surface area is 117 Å². The summed E-state index contributed by atoms with van der Waals surface area (Å²) < 4.78 is 33.8. The van der Waals surface area contributed by atoms with Gasteiger partial charge in [0.1, 0.15) is 6.07 Å². The minimum Gasteiger partial charge on any atom is -0.366 e. The second-order valence-electron chi connectivity index (χ2n) is 6.35. The molecule has 0 amide bonds. The van der Waals surface area contributed by atoms with Crippen molar-refractivity contribution in [2.24, 2.45) is 0 Å². The number of benzene rings is 1. The van der Waals surface area contributed by atoms with Gasteiger partial charge in [0.25, 0.3) is 0 Å². The summed E-state index contributed by atoms with van der Waals surface area (Å²) in [6, 6.07) is 4.40. The summed E-state index contributed by atoms with van der Waals surface area (Å²) in [5, 5.41) is 8.72. The van der Waals surface area contributed by atoms with Crippen LogP contribution in [0.3, 0.4) is 0 Å². The number of nitriles is 1. The van der Waals surface area contributed by atoms with Gasteiger partial charge in [-0.1, -0.05) is 0 Å². The topological polar surface area (TPSA) is 36.3 Å². The standard InChI is InChI=1S/C15H18F2N2O/c1-14(2)8-19(9-15(3,4)20-14)11-6-5-10(7-18)12(16)13(11)17/h5-6H,8-9H2,1-4H3. The smallest absolute Gasteiger partial charge is 0.183 e. The third kappa shape index (κ3) is 2.75. The molecule has 0 saturated carbocycles. The van der Waals surface area contributed by atoms with E-state index in [1.54, 1.807) is 11.0 Å². The molecule has 0 aliphatic carbocycles. The van der Waals surface area contributed by atoms with Gasteiger partial charge in [0.05, 0.1) is 22.5 Å². The molecule has 1 fully saturated rings. The van der Waals surface area contributed by atoms with E-state index in [0.29, 0.717) is 13.1 Å². The molecular formula is C15H18F2N2O. The fourth-order valence-corrected chi connectivity index (χ4v) is 2.83. The fraction of sp³-hybridized carbons (Fsp3) is 0.533. The van der Waals surface area contributed by atoms with Gasteiger partial charge in [0.15, 0.2) is 11.6 Å². The monoisotopic (exact) mass is 280 g/mol. The fourth-order valence-electron chi connectivity index (χ4n) is 2.83. The number of morpholine rings is 1. The highest BCUT2D eigenvalue weighted by molar-refractivity contribution is 5.53. The molecule has 0 bridgehead atoms. The van der Waals surface area contributed by atoms with Crippen molar-refractivity contribution in [2.45, 2.75) is 38.9 Å². The molecular weight excluding hydrogens is 262 g/mol. The van der Waals surface area contributed by atoms with E-state index in [-0.39, 0.29) is 11.3 Å². The first kappa shape index (κ1) is 14.7. The van der Waals surface area contributed by atoms with Crippen LogP contribution in [0.2, 0.25) is 0 Å².